The first-order chi connectivity index (χ1) is 14.2. The van der Waals surface area contributed by atoms with Gasteiger partial charge in [-0.2, -0.15) is 0 Å². The van der Waals surface area contributed by atoms with Gasteiger partial charge >= 0.3 is 0 Å². The molecule has 2 heterocycles. The lowest BCUT2D eigenvalue weighted by Crippen LogP contribution is -2.19. The van der Waals surface area contributed by atoms with E-state index < -0.39 is 0 Å². The Labute approximate surface area is 170 Å². The molecule has 0 saturated heterocycles. The van der Waals surface area contributed by atoms with Crippen molar-refractivity contribution in [1.82, 2.24) is 9.55 Å². The second-order valence-corrected chi connectivity index (χ2v) is 7.05. The van der Waals surface area contributed by atoms with Crippen molar-refractivity contribution in [1.29, 1.82) is 0 Å². The molecule has 0 atom stereocenters. The zero-order valence-corrected chi connectivity index (χ0v) is 16.5. The number of anilines is 1. The van der Waals surface area contributed by atoms with E-state index in [1.807, 2.05) is 53.4 Å². The fraction of sp³-hybridized carbons (Fsp3) is 0.208. The van der Waals surface area contributed by atoms with Crippen LogP contribution in [0.25, 0.3) is 16.6 Å². The summed E-state index contributed by atoms with van der Waals surface area (Å²) in [6.07, 6.45) is 5.83. The lowest BCUT2D eigenvalue weighted by Gasteiger charge is -2.17. The van der Waals surface area contributed by atoms with Gasteiger partial charge in [0.2, 0.25) is 0 Å². The third kappa shape index (κ3) is 4.57. The average Bonchev–Trinajstić information content (AvgIpc) is 3.18. The van der Waals surface area contributed by atoms with E-state index in [1.54, 1.807) is 12.1 Å². The van der Waals surface area contributed by atoms with Gasteiger partial charge in [0.1, 0.15) is 17.4 Å². The van der Waals surface area contributed by atoms with Gasteiger partial charge in [0.25, 0.3) is 0 Å². The molecule has 0 bridgehead atoms. The maximum absolute atomic E-state index is 13.2. The summed E-state index contributed by atoms with van der Waals surface area (Å²) in [6, 6.07) is 20.6. The van der Waals surface area contributed by atoms with Crippen LogP contribution in [0.5, 0.6) is 5.75 Å². The molecular weight excluding hydrogens is 365 g/mol. The van der Waals surface area contributed by atoms with Crippen LogP contribution in [0.1, 0.15) is 12.8 Å². The van der Waals surface area contributed by atoms with Crippen LogP contribution in [0, 0.1) is 5.82 Å². The summed E-state index contributed by atoms with van der Waals surface area (Å²) >= 11 is 0. The fourth-order valence-corrected chi connectivity index (χ4v) is 3.37. The van der Waals surface area contributed by atoms with Crippen LogP contribution in [0.4, 0.5) is 10.2 Å². The molecule has 148 valence electrons. The average molecular weight is 389 g/mol. The van der Waals surface area contributed by atoms with Crippen molar-refractivity contribution in [3.05, 3.63) is 84.9 Å². The molecule has 4 aromatic rings. The zero-order chi connectivity index (χ0) is 20.1. The Hall–Kier alpha value is -3.34. The standard InChI is InChI=1S/C24H24FN3O/c1-27(24-6-2-3-14-26-24)15-4-5-17-29-22-11-12-23-19(18-22)13-16-28(23)21-9-7-20(25)8-10-21/h2-3,6-14,16,18H,4-5,15,17H2,1H3. The Morgan fingerprint density at radius 1 is 1.00 bits per heavy atom. The summed E-state index contributed by atoms with van der Waals surface area (Å²) < 4.78 is 21.2. The van der Waals surface area contributed by atoms with Crippen LogP contribution in [-0.2, 0) is 0 Å². The number of pyridine rings is 1. The van der Waals surface area contributed by atoms with Gasteiger partial charge in [-0.3, -0.25) is 0 Å². The van der Waals surface area contributed by atoms with Crippen LogP contribution < -0.4 is 9.64 Å². The Bertz CT molecular complexity index is 1060. The van der Waals surface area contributed by atoms with Crippen molar-refractivity contribution in [3.63, 3.8) is 0 Å². The maximum Gasteiger partial charge on any atom is 0.128 e. The van der Waals surface area contributed by atoms with E-state index in [-0.39, 0.29) is 5.82 Å². The van der Waals surface area contributed by atoms with Crippen molar-refractivity contribution in [2.24, 2.45) is 0 Å². The van der Waals surface area contributed by atoms with E-state index in [1.165, 1.54) is 12.1 Å². The molecule has 0 saturated carbocycles. The Morgan fingerprint density at radius 3 is 2.66 bits per heavy atom. The molecule has 2 aromatic heterocycles. The lowest BCUT2D eigenvalue weighted by atomic mass is 10.2. The van der Waals surface area contributed by atoms with Gasteiger partial charge in [-0.05, 0) is 73.5 Å². The highest BCUT2D eigenvalue weighted by molar-refractivity contribution is 5.83. The van der Waals surface area contributed by atoms with Crippen molar-refractivity contribution in [2.75, 3.05) is 25.1 Å². The highest BCUT2D eigenvalue weighted by atomic mass is 19.1. The molecule has 0 aliphatic heterocycles. The Balaban J connectivity index is 1.31. The molecule has 0 amide bonds. The smallest absolute Gasteiger partial charge is 0.128 e. The number of unbranched alkanes of at least 4 members (excludes halogenated alkanes) is 1. The van der Waals surface area contributed by atoms with Crippen LogP contribution in [0.15, 0.2) is 79.1 Å². The minimum absolute atomic E-state index is 0.230. The normalized spacial score (nSPS) is 11.0. The van der Waals surface area contributed by atoms with Crippen LogP contribution >= 0.6 is 0 Å². The minimum atomic E-state index is -0.230. The largest absolute Gasteiger partial charge is 0.494 e. The number of hydrogen-bond donors (Lipinski definition) is 0. The topological polar surface area (TPSA) is 30.3 Å². The van der Waals surface area contributed by atoms with Gasteiger partial charge in [-0.1, -0.05) is 6.07 Å². The number of halogens is 1. The minimum Gasteiger partial charge on any atom is -0.494 e. The third-order valence-electron chi connectivity index (χ3n) is 4.96. The monoisotopic (exact) mass is 389 g/mol. The van der Waals surface area contributed by atoms with E-state index in [2.05, 4.69) is 23.0 Å². The molecule has 0 aliphatic rings. The molecule has 2 aromatic carbocycles. The third-order valence-corrected chi connectivity index (χ3v) is 4.96. The molecule has 4 rings (SSSR count). The predicted molar refractivity (Wildman–Crippen MR) is 115 cm³/mol. The van der Waals surface area contributed by atoms with E-state index in [4.69, 9.17) is 4.74 Å². The van der Waals surface area contributed by atoms with Crippen molar-refractivity contribution >= 4 is 16.7 Å². The fourth-order valence-electron chi connectivity index (χ4n) is 3.37. The quantitative estimate of drug-likeness (QED) is 0.375. The summed E-state index contributed by atoms with van der Waals surface area (Å²) in [5.74, 6) is 1.63. The number of nitrogens with zero attached hydrogens (tertiary/aromatic N) is 3. The van der Waals surface area contributed by atoms with Crippen LogP contribution in [0.3, 0.4) is 0 Å². The molecular formula is C24H24FN3O. The van der Waals surface area contributed by atoms with Gasteiger partial charge in [-0.15, -0.1) is 0 Å². The molecule has 29 heavy (non-hydrogen) atoms. The van der Waals surface area contributed by atoms with Gasteiger partial charge in [0.15, 0.2) is 0 Å². The van der Waals surface area contributed by atoms with E-state index in [0.29, 0.717) is 6.61 Å². The van der Waals surface area contributed by atoms with Crippen molar-refractivity contribution in [2.45, 2.75) is 12.8 Å². The summed E-state index contributed by atoms with van der Waals surface area (Å²) in [4.78, 5) is 6.51. The first-order valence-electron chi connectivity index (χ1n) is 9.83. The molecule has 0 unspecified atom stereocenters. The van der Waals surface area contributed by atoms with Crippen LogP contribution in [0.2, 0.25) is 0 Å². The van der Waals surface area contributed by atoms with Gasteiger partial charge in [0.05, 0.1) is 12.1 Å². The number of aromatic nitrogens is 2. The number of rotatable bonds is 8. The second-order valence-electron chi connectivity index (χ2n) is 7.05. The van der Waals surface area contributed by atoms with E-state index in [0.717, 1.165) is 47.5 Å². The van der Waals surface area contributed by atoms with Gasteiger partial charge < -0.3 is 14.2 Å². The van der Waals surface area contributed by atoms with Gasteiger partial charge in [0, 0.05) is 37.1 Å². The van der Waals surface area contributed by atoms with Crippen molar-refractivity contribution < 1.29 is 9.13 Å². The molecule has 0 aliphatic carbocycles. The van der Waals surface area contributed by atoms with E-state index >= 15 is 0 Å². The highest BCUT2D eigenvalue weighted by Gasteiger charge is 2.06. The molecule has 4 nitrogen and oxygen atoms in total. The summed E-state index contributed by atoms with van der Waals surface area (Å²) in [6.45, 7) is 1.63. The number of fused-ring (bicyclic) bond motifs is 1. The van der Waals surface area contributed by atoms with Crippen LogP contribution in [-0.4, -0.2) is 29.8 Å². The highest BCUT2D eigenvalue weighted by Crippen LogP contribution is 2.25. The summed E-state index contributed by atoms with van der Waals surface area (Å²) in [7, 11) is 2.06. The SMILES string of the molecule is CN(CCCCOc1ccc2c(ccn2-c2ccc(F)cc2)c1)c1ccccn1. The number of hydrogen-bond acceptors (Lipinski definition) is 3. The number of benzene rings is 2. The predicted octanol–water partition coefficient (Wildman–Crippen LogP) is 5.46. The molecule has 0 radical (unpaired) electrons. The summed E-state index contributed by atoms with van der Waals surface area (Å²) in [5, 5.41) is 1.10. The second kappa shape index (κ2) is 8.78. The number of ether oxygens (including phenoxy) is 1. The lowest BCUT2D eigenvalue weighted by molar-refractivity contribution is 0.308. The molecule has 0 spiro atoms. The summed E-state index contributed by atoms with van der Waals surface area (Å²) in [5.41, 5.74) is 2.01. The molecule has 5 heteroatoms. The Morgan fingerprint density at radius 2 is 1.86 bits per heavy atom. The Kier molecular flexibility index (Phi) is 5.75. The maximum atomic E-state index is 13.2. The first-order valence-corrected chi connectivity index (χ1v) is 9.83. The van der Waals surface area contributed by atoms with Gasteiger partial charge in [-0.25, -0.2) is 9.37 Å². The van der Waals surface area contributed by atoms with Crippen molar-refractivity contribution in [3.8, 4) is 11.4 Å². The molecule has 0 N–H and O–H groups in total. The van der Waals surface area contributed by atoms with E-state index in [9.17, 15) is 4.39 Å². The zero-order valence-electron chi connectivity index (χ0n) is 16.5. The first kappa shape index (κ1) is 19.0. The molecule has 0 fully saturated rings.